The minimum absolute atomic E-state index is 0.00375. The highest BCUT2D eigenvalue weighted by molar-refractivity contribution is 6.08. The number of hydrogen-bond donors (Lipinski definition) is 9. The zero-order valence-corrected chi connectivity index (χ0v) is 40.1. The Labute approximate surface area is 413 Å². The average Bonchev–Trinajstić information content (AvgIpc) is 4.21. The van der Waals surface area contributed by atoms with E-state index < -0.39 is 41.4 Å². The van der Waals surface area contributed by atoms with Crippen molar-refractivity contribution in [2.24, 2.45) is 42.3 Å². The number of carbonyl (C=O) groups excluding carboxylic acids is 8. The molecule has 0 aromatic carbocycles. The number of hydrazine groups is 2. The summed E-state index contributed by atoms with van der Waals surface area (Å²) < 4.78 is 8.77. The van der Waals surface area contributed by atoms with E-state index in [0.717, 1.165) is 5.17 Å². The van der Waals surface area contributed by atoms with Gasteiger partial charge in [-0.2, -0.15) is 0 Å². The predicted molar refractivity (Wildman–Crippen MR) is 261 cm³/mol. The number of nitrogens with one attached hydrogen (secondary N) is 9. The van der Waals surface area contributed by atoms with Gasteiger partial charge >= 0.3 is 5.97 Å². The second-order valence-electron chi connectivity index (χ2n) is 16.5. The molecule has 0 unspecified atom stereocenters. The van der Waals surface area contributed by atoms with Gasteiger partial charge in [0.1, 0.15) is 17.1 Å². The molecule has 0 saturated carbocycles. The fraction of sp³-hybridized carbons (Fsp3) is 0.227. The van der Waals surface area contributed by atoms with Crippen LogP contribution in [0, 0.1) is 0 Å². The predicted octanol–water partition coefficient (Wildman–Crippen LogP) is 1.84. The van der Waals surface area contributed by atoms with Gasteiger partial charge in [-0.1, -0.05) is 5.17 Å². The molecular formula is C44H48N20O9. The second-order valence-corrected chi connectivity index (χ2v) is 16.5. The number of pyridine rings is 1. The van der Waals surface area contributed by atoms with E-state index in [2.05, 4.69) is 68.1 Å². The molecule has 0 fully saturated rings. The van der Waals surface area contributed by atoms with Gasteiger partial charge in [-0.05, 0) is 36.8 Å². The molecule has 7 aromatic rings. The molecule has 1 aliphatic heterocycles. The van der Waals surface area contributed by atoms with Crippen molar-refractivity contribution in [3.8, 4) is 0 Å². The summed E-state index contributed by atoms with van der Waals surface area (Å²) in [7, 11) is 9.57. The molecule has 29 nitrogen and oxygen atoms in total. The fourth-order valence-electron chi connectivity index (χ4n) is 7.45. The molecule has 0 atom stereocenters. The van der Waals surface area contributed by atoms with Crippen LogP contribution in [0.4, 0.5) is 46.0 Å². The number of aromatic nitrogens is 10. The maximum atomic E-state index is 13.4. The number of anilines is 8. The highest BCUT2D eigenvalue weighted by atomic mass is 16.7. The third kappa shape index (κ3) is 11.2. The second kappa shape index (κ2) is 20.5. The van der Waals surface area contributed by atoms with Gasteiger partial charge in [-0.25, -0.2) is 24.7 Å². The number of imidazole rings is 3. The summed E-state index contributed by atoms with van der Waals surface area (Å²) in [5, 5.41) is 19.7. The number of amides is 7. The van der Waals surface area contributed by atoms with Crippen LogP contribution >= 0.6 is 0 Å². The van der Waals surface area contributed by atoms with Crippen LogP contribution in [0.2, 0.25) is 0 Å². The van der Waals surface area contributed by atoms with E-state index in [1.54, 1.807) is 66.8 Å². The Morgan fingerprint density at radius 2 is 1.04 bits per heavy atom. The Hall–Kier alpha value is -10.1. The Kier molecular flexibility index (Phi) is 13.9. The maximum Gasteiger partial charge on any atom is 0.381 e. The molecular weight excluding hydrogens is 953 g/mol. The van der Waals surface area contributed by atoms with E-state index in [1.165, 1.54) is 83.5 Å². The lowest BCUT2D eigenvalue weighted by Crippen LogP contribution is -2.38. The smallest absolute Gasteiger partial charge is 0.351 e. The molecule has 0 radical (unpaired) electrons. The van der Waals surface area contributed by atoms with E-state index in [1.807, 2.05) is 0 Å². The Morgan fingerprint density at radius 3 is 1.60 bits per heavy atom. The van der Waals surface area contributed by atoms with Crippen molar-refractivity contribution in [3.63, 3.8) is 0 Å². The number of hydrogen-bond acceptors (Lipinski definition) is 16. The fourth-order valence-corrected chi connectivity index (χ4v) is 7.45. The van der Waals surface area contributed by atoms with E-state index in [0.29, 0.717) is 17.2 Å². The lowest BCUT2D eigenvalue weighted by Gasteiger charge is -2.15. The topological polar surface area (TPSA) is 338 Å². The monoisotopic (exact) mass is 1000 g/mol. The third-order valence-electron chi connectivity index (χ3n) is 10.8. The first kappa shape index (κ1) is 49.4. The first-order valence-corrected chi connectivity index (χ1v) is 22.0. The van der Waals surface area contributed by atoms with Crippen LogP contribution in [-0.2, 0) is 56.7 Å². The molecule has 7 amide bonds. The highest BCUT2D eigenvalue weighted by Crippen LogP contribution is 2.27. The van der Waals surface area contributed by atoms with Crippen LogP contribution in [0.3, 0.4) is 0 Å². The minimum atomic E-state index is -0.727. The van der Waals surface area contributed by atoms with Gasteiger partial charge in [-0.15, -0.1) is 5.53 Å². The summed E-state index contributed by atoms with van der Waals surface area (Å²) in [5.74, 6) is -3.66. The van der Waals surface area contributed by atoms with Gasteiger partial charge in [0, 0.05) is 106 Å². The first-order chi connectivity index (χ1) is 34.8. The molecule has 0 bridgehead atoms. The van der Waals surface area contributed by atoms with Gasteiger partial charge in [0.05, 0.1) is 22.7 Å². The molecule has 0 spiro atoms. The summed E-state index contributed by atoms with van der Waals surface area (Å²) >= 11 is 0. The maximum absolute atomic E-state index is 13.4. The zero-order chi connectivity index (χ0) is 52.2. The number of carbonyl (C=O) groups is 8. The van der Waals surface area contributed by atoms with Crippen LogP contribution in [0.15, 0.2) is 73.7 Å². The molecule has 9 N–H and O–H groups in total. The van der Waals surface area contributed by atoms with Crippen molar-refractivity contribution in [2.45, 2.75) is 19.8 Å². The van der Waals surface area contributed by atoms with Crippen LogP contribution in [-0.4, -0.2) is 101 Å². The molecule has 378 valence electrons. The average molecular weight is 1000 g/mol. The van der Waals surface area contributed by atoms with E-state index >= 15 is 0 Å². The molecule has 8 heterocycles. The summed E-state index contributed by atoms with van der Waals surface area (Å²) in [6, 6.07) is 7.84. The molecule has 7 aromatic heterocycles. The van der Waals surface area contributed by atoms with Crippen LogP contribution < -0.4 is 53.4 Å². The van der Waals surface area contributed by atoms with E-state index in [4.69, 9.17) is 4.84 Å². The van der Waals surface area contributed by atoms with Gasteiger partial charge in [0.2, 0.25) is 35.1 Å². The molecule has 1 aliphatic rings. The molecule has 8 rings (SSSR count). The van der Waals surface area contributed by atoms with Gasteiger partial charge in [0.15, 0.2) is 17.5 Å². The molecule has 73 heavy (non-hydrogen) atoms. The van der Waals surface area contributed by atoms with Crippen molar-refractivity contribution in [1.82, 2.24) is 58.2 Å². The number of fused-ring (bicyclic) bond motifs is 1. The Morgan fingerprint density at radius 1 is 0.562 bits per heavy atom. The van der Waals surface area contributed by atoms with Crippen molar-refractivity contribution in [2.75, 3.05) is 49.0 Å². The standard InChI is InChI=1S/C44H48N20O9/c1-23(65)47-31-20-61(5)38(52-31)43(71)55-33-22-63(7)37(54-33)42(70)49-25-15-29(59(3)18-25)40(68)48-24-14-28(58(2)17-24)39(67)46-13-9-11-34(66)51-32-21-62(6)36(53-32)41(69)50-26-16-30(60(4)19-26)44(72)73-64-35-27(56-57-64)10-8-12-45-35/h8,10,12,14-22,56-57H,9,11,13H2,1-7H3,(H,46,67)(H,47,65)(H,48,68)(H,49,70)(H,50,69)(H,51,66)(H,55,71). The normalized spacial score (nSPS) is 11.6. The molecule has 0 saturated heterocycles. The third-order valence-corrected chi connectivity index (χ3v) is 10.8. The van der Waals surface area contributed by atoms with Crippen molar-refractivity contribution >= 4 is 93.3 Å². The van der Waals surface area contributed by atoms with Crippen LogP contribution in [0.1, 0.15) is 83.1 Å². The summed E-state index contributed by atoms with van der Waals surface area (Å²) in [6.45, 7) is 1.45. The number of rotatable bonds is 17. The summed E-state index contributed by atoms with van der Waals surface area (Å²) in [4.78, 5) is 125. The largest absolute Gasteiger partial charge is 0.381 e. The van der Waals surface area contributed by atoms with Gasteiger partial charge in [-0.3, -0.25) is 39.0 Å². The highest BCUT2D eigenvalue weighted by Gasteiger charge is 2.27. The Balaban J connectivity index is 0.770. The Bertz CT molecular complexity index is 3350. The van der Waals surface area contributed by atoms with Crippen LogP contribution in [0.5, 0.6) is 0 Å². The lowest BCUT2D eigenvalue weighted by molar-refractivity contribution is -0.116. The van der Waals surface area contributed by atoms with Gasteiger partial charge in [0.25, 0.3) is 29.5 Å². The van der Waals surface area contributed by atoms with Crippen molar-refractivity contribution < 1.29 is 43.2 Å². The lowest BCUT2D eigenvalue weighted by atomic mass is 10.3. The summed E-state index contributed by atoms with van der Waals surface area (Å²) in [5.41, 5.74) is 7.55. The number of nitrogens with zero attached hydrogens (tertiary/aromatic N) is 11. The summed E-state index contributed by atoms with van der Waals surface area (Å²) in [6.07, 6.45) is 10.8. The number of aryl methyl sites for hydroxylation is 6. The van der Waals surface area contributed by atoms with E-state index in [-0.39, 0.29) is 88.7 Å². The van der Waals surface area contributed by atoms with Crippen molar-refractivity contribution in [3.05, 3.63) is 108 Å². The van der Waals surface area contributed by atoms with Crippen LogP contribution in [0.25, 0.3) is 0 Å². The zero-order valence-electron chi connectivity index (χ0n) is 40.1. The SMILES string of the molecule is CC(=O)Nc1cn(C)c(C(=O)Nc2cn(C)c(C(=O)Nc3cc(C(=O)Nc4cc(C(=O)NCCCC(=O)Nc5cn(C)c(C(=O)Nc6cc(C(=O)ON7NNc8cccnc87)n(C)c6)n5)n(C)c4)n(C)c3)n2)n1. The molecule has 0 aliphatic carbocycles. The molecule has 29 heteroatoms. The first-order valence-electron chi connectivity index (χ1n) is 22.0. The van der Waals surface area contributed by atoms with Gasteiger partial charge < -0.3 is 69.5 Å². The van der Waals surface area contributed by atoms with E-state index in [9.17, 15) is 38.4 Å². The minimum Gasteiger partial charge on any atom is -0.351 e. The quantitative estimate of drug-likeness (QED) is 0.0588. The van der Waals surface area contributed by atoms with Crippen molar-refractivity contribution in [1.29, 1.82) is 0 Å².